The maximum absolute atomic E-state index is 12.9. The van der Waals surface area contributed by atoms with Crippen molar-refractivity contribution in [1.82, 2.24) is 4.57 Å². The van der Waals surface area contributed by atoms with Gasteiger partial charge in [-0.1, -0.05) is 48.0 Å². The molecule has 0 saturated heterocycles. The number of Topliss-reactive ketones (excluding diaryl/α,β-unsaturated/α-hetero) is 1. The Balaban J connectivity index is 1.57. The second-order valence-electron chi connectivity index (χ2n) is 6.67. The Morgan fingerprint density at radius 1 is 0.962 bits per heavy atom. The molecule has 0 atom stereocenters. The van der Waals surface area contributed by atoms with Gasteiger partial charge in [-0.15, -0.1) is 0 Å². The van der Waals surface area contributed by atoms with Crippen LogP contribution in [0.5, 0.6) is 0 Å². The number of benzene rings is 2. The quantitative estimate of drug-likeness (QED) is 0.536. The Bertz CT molecular complexity index is 970. The van der Waals surface area contributed by atoms with Crippen LogP contribution in [0.15, 0.2) is 66.9 Å². The number of fused-ring (bicyclic) bond motifs is 1. The third-order valence-corrected chi connectivity index (χ3v) is 4.86. The van der Waals surface area contributed by atoms with Crippen molar-refractivity contribution in [2.45, 2.75) is 19.9 Å². The van der Waals surface area contributed by atoms with Crippen LogP contribution in [0.3, 0.4) is 0 Å². The second-order valence-corrected chi connectivity index (χ2v) is 6.67. The van der Waals surface area contributed by atoms with Gasteiger partial charge in [0.1, 0.15) is 0 Å². The van der Waals surface area contributed by atoms with Crippen molar-refractivity contribution >= 4 is 17.4 Å². The minimum atomic E-state index is -0.459. The molecule has 1 aliphatic heterocycles. The summed E-state index contributed by atoms with van der Waals surface area (Å²) in [5.41, 5.74) is 4.69. The average Bonchev–Trinajstić information content (AvgIpc) is 3.29. The number of amides is 1. The highest BCUT2D eigenvalue weighted by atomic mass is 16.2. The van der Waals surface area contributed by atoms with Crippen molar-refractivity contribution in [1.29, 1.82) is 0 Å². The number of carbonyl (C=O) groups excluding carboxylic acids is 2. The normalized spacial score (nSPS) is 12.9. The van der Waals surface area contributed by atoms with Gasteiger partial charge in [-0.2, -0.15) is 0 Å². The van der Waals surface area contributed by atoms with Crippen LogP contribution in [-0.4, -0.2) is 22.8 Å². The Labute approximate surface area is 152 Å². The molecule has 1 aromatic heterocycles. The molecule has 0 fully saturated rings. The zero-order valence-electron chi connectivity index (χ0n) is 14.7. The van der Waals surface area contributed by atoms with Crippen molar-refractivity contribution < 1.29 is 9.59 Å². The van der Waals surface area contributed by atoms with Gasteiger partial charge in [0.25, 0.3) is 5.78 Å². The fourth-order valence-electron chi connectivity index (χ4n) is 3.43. The summed E-state index contributed by atoms with van der Waals surface area (Å²) in [6, 6.07) is 19.5. The Morgan fingerprint density at radius 3 is 2.54 bits per heavy atom. The third kappa shape index (κ3) is 2.94. The SMILES string of the molecule is Cc1ccc(Cn2cccc2C(=O)C(=O)N2CCc3ccccc32)cc1. The Kier molecular flexibility index (Phi) is 4.17. The van der Waals surface area contributed by atoms with Crippen LogP contribution in [0.25, 0.3) is 0 Å². The van der Waals surface area contributed by atoms with Crippen LogP contribution in [0.4, 0.5) is 5.69 Å². The van der Waals surface area contributed by atoms with Crippen LogP contribution in [-0.2, 0) is 17.8 Å². The fraction of sp³-hybridized carbons (Fsp3) is 0.182. The van der Waals surface area contributed by atoms with E-state index in [9.17, 15) is 9.59 Å². The standard InChI is InChI=1S/C22H20N2O2/c1-16-8-10-17(11-9-16)15-23-13-4-7-20(23)21(25)22(26)24-14-12-18-5-2-3-6-19(18)24/h2-11,13H,12,14-15H2,1H3. The maximum atomic E-state index is 12.9. The third-order valence-electron chi connectivity index (χ3n) is 4.86. The first-order valence-electron chi connectivity index (χ1n) is 8.78. The highest BCUT2D eigenvalue weighted by Gasteiger charge is 2.30. The number of hydrogen-bond donors (Lipinski definition) is 0. The largest absolute Gasteiger partial charge is 0.340 e. The van der Waals surface area contributed by atoms with E-state index in [0.29, 0.717) is 18.8 Å². The summed E-state index contributed by atoms with van der Waals surface area (Å²) >= 11 is 0. The molecule has 1 aliphatic rings. The van der Waals surface area contributed by atoms with Gasteiger partial charge in [-0.25, -0.2) is 0 Å². The monoisotopic (exact) mass is 344 g/mol. The minimum Gasteiger partial charge on any atom is -0.340 e. The van der Waals surface area contributed by atoms with Gasteiger partial charge < -0.3 is 9.47 Å². The summed E-state index contributed by atoms with van der Waals surface area (Å²) in [5, 5.41) is 0. The number of para-hydroxylation sites is 1. The van der Waals surface area contributed by atoms with Gasteiger partial charge in [0.2, 0.25) is 0 Å². The minimum absolute atomic E-state index is 0.431. The highest BCUT2D eigenvalue weighted by molar-refractivity contribution is 6.47. The van der Waals surface area contributed by atoms with Gasteiger partial charge in [-0.05, 0) is 42.7 Å². The van der Waals surface area contributed by atoms with Crippen molar-refractivity contribution in [3.8, 4) is 0 Å². The number of ketones is 1. The van der Waals surface area contributed by atoms with E-state index in [2.05, 4.69) is 0 Å². The van der Waals surface area contributed by atoms with E-state index < -0.39 is 11.7 Å². The van der Waals surface area contributed by atoms with E-state index in [-0.39, 0.29) is 0 Å². The van der Waals surface area contributed by atoms with Crippen molar-refractivity contribution in [2.75, 3.05) is 11.4 Å². The van der Waals surface area contributed by atoms with Crippen LogP contribution >= 0.6 is 0 Å². The van der Waals surface area contributed by atoms with Gasteiger partial charge in [0, 0.05) is 25.0 Å². The fourth-order valence-corrected chi connectivity index (χ4v) is 3.43. The van der Waals surface area contributed by atoms with Crippen LogP contribution in [0, 0.1) is 6.92 Å². The lowest BCUT2D eigenvalue weighted by atomic mass is 10.1. The molecule has 2 aromatic carbocycles. The number of nitrogens with zero attached hydrogens (tertiary/aromatic N) is 2. The molecule has 3 aromatic rings. The Morgan fingerprint density at radius 2 is 1.73 bits per heavy atom. The molecule has 4 rings (SSSR count). The molecular formula is C22H20N2O2. The highest BCUT2D eigenvalue weighted by Crippen LogP contribution is 2.28. The zero-order chi connectivity index (χ0) is 18.1. The van der Waals surface area contributed by atoms with Gasteiger partial charge >= 0.3 is 5.91 Å². The molecule has 4 nitrogen and oxygen atoms in total. The Hall–Kier alpha value is -3.14. The molecule has 0 saturated carbocycles. The topological polar surface area (TPSA) is 42.3 Å². The molecule has 0 radical (unpaired) electrons. The second kappa shape index (κ2) is 6.64. The summed E-state index contributed by atoms with van der Waals surface area (Å²) in [4.78, 5) is 27.3. The number of aromatic nitrogens is 1. The number of carbonyl (C=O) groups is 2. The molecule has 2 heterocycles. The number of anilines is 1. The van der Waals surface area contributed by atoms with E-state index in [1.807, 2.05) is 72.3 Å². The molecule has 0 N–H and O–H groups in total. The summed E-state index contributed by atoms with van der Waals surface area (Å²) in [7, 11) is 0. The predicted octanol–water partition coefficient (Wildman–Crippen LogP) is 3.62. The maximum Gasteiger partial charge on any atom is 0.300 e. The van der Waals surface area contributed by atoms with Crippen LogP contribution in [0.2, 0.25) is 0 Å². The first kappa shape index (κ1) is 16.3. The lowest BCUT2D eigenvalue weighted by molar-refractivity contribution is -0.114. The molecule has 0 aliphatic carbocycles. The summed E-state index contributed by atoms with van der Waals surface area (Å²) in [6.45, 7) is 3.17. The van der Waals surface area contributed by atoms with E-state index >= 15 is 0 Å². The van der Waals surface area contributed by atoms with E-state index in [1.54, 1.807) is 11.0 Å². The molecule has 0 spiro atoms. The number of aryl methyl sites for hydroxylation is 1. The van der Waals surface area contributed by atoms with Crippen molar-refractivity contribution in [2.24, 2.45) is 0 Å². The molecule has 4 heteroatoms. The summed E-state index contributed by atoms with van der Waals surface area (Å²) in [5.74, 6) is -0.919. The van der Waals surface area contributed by atoms with Gasteiger partial charge in [-0.3, -0.25) is 9.59 Å². The van der Waals surface area contributed by atoms with Gasteiger partial charge in [0.15, 0.2) is 0 Å². The average molecular weight is 344 g/mol. The smallest absolute Gasteiger partial charge is 0.300 e. The predicted molar refractivity (Wildman–Crippen MR) is 102 cm³/mol. The van der Waals surface area contributed by atoms with Crippen LogP contribution < -0.4 is 4.90 Å². The van der Waals surface area contributed by atoms with Crippen molar-refractivity contribution in [3.05, 3.63) is 89.2 Å². The zero-order valence-corrected chi connectivity index (χ0v) is 14.7. The van der Waals surface area contributed by atoms with Crippen LogP contribution in [0.1, 0.15) is 27.2 Å². The summed E-state index contributed by atoms with van der Waals surface area (Å²) in [6.07, 6.45) is 2.64. The molecule has 0 bridgehead atoms. The van der Waals surface area contributed by atoms with E-state index in [4.69, 9.17) is 0 Å². The number of rotatable bonds is 4. The summed E-state index contributed by atoms with van der Waals surface area (Å²) < 4.78 is 1.84. The molecule has 130 valence electrons. The molecular weight excluding hydrogens is 324 g/mol. The first-order valence-corrected chi connectivity index (χ1v) is 8.78. The van der Waals surface area contributed by atoms with E-state index in [0.717, 1.165) is 23.2 Å². The van der Waals surface area contributed by atoms with Gasteiger partial charge in [0.05, 0.1) is 5.69 Å². The molecule has 1 amide bonds. The first-order chi connectivity index (χ1) is 12.6. The molecule has 26 heavy (non-hydrogen) atoms. The lowest BCUT2D eigenvalue weighted by Gasteiger charge is -2.17. The van der Waals surface area contributed by atoms with E-state index in [1.165, 1.54) is 5.56 Å². The number of hydrogen-bond acceptors (Lipinski definition) is 2. The molecule has 0 unspecified atom stereocenters. The van der Waals surface area contributed by atoms with Crippen molar-refractivity contribution in [3.63, 3.8) is 0 Å². The lowest BCUT2D eigenvalue weighted by Crippen LogP contribution is -2.36.